The molecule has 0 fully saturated rings. The topological polar surface area (TPSA) is 125 Å². The Balaban J connectivity index is 1.76. The number of aryl methyl sites for hydroxylation is 1. The van der Waals surface area contributed by atoms with E-state index in [1.807, 2.05) is 29.2 Å². The van der Waals surface area contributed by atoms with Gasteiger partial charge in [-0.25, -0.2) is 9.59 Å². The molecule has 7 nitrogen and oxygen atoms in total. The molecule has 0 atom stereocenters. The predicted octanol–water partition coefficient (Wildman–Crippen LogP) is 9.60. The van der Waals surface area contributed by atoms with E-state index >= 15 is 0 Å². The van der Waals surface area contributed by atoms with Crippen LogP contribution in [0.25, 0.3) is 12.2 Å². The predicted molar refractivity (Wildman–Crippen MR) is 179 cm³/mol. The van der Waals surface area contributed by atoms with Gasteiger partial charge in [0.1, 0.15) is 23.3 Å². The fraction of sp³-hybridized carbons (Fsp3) is 0.316. The van der Waals surface area contributed by atoms with Crippen molar-refractivity contribution in [3.8, 4) is 12.1 Å². The second-order valence-corrected chi connectivity index (χ2v) is 11.1. The molecule has 0 aromatic heterocycles. The van der Waals surface area contributed by atoms with Gasteiger partial charge in [0, 0.05) is 17.1 Å². The maximum atomic E-state index is 11.3. The van der Waals surface area contributed by atoms with E-state index in [9.17, 15) is 19.8 Å². The number of hydrogen-bond acceptors (Lipinski definition) is 5. The number of carboxylic acids is 2. The van der Waals surface area contributed by atoms with E-state index in [0.29, 0.717) is 11.1 Å². The number of benzene rings is 3. The second kappa shape index (κ2) is 18.5. The summed E-state index contributed by atoms with van der Waals surface area (Å²) in [5.41, 5.74) is 4.29. The van der Waals surface area contributed by atoms with Crippen LogP contribution >= 0.6 is 0 Å². The van der Waals surface area contributed by atoms with E-state index in [4.69, 9.17) is 10.5 Å². The lowest BCUT2D eigenvalue weighted by Gasteiger charge is -2.26. The highest BCUT2D eigenvalue weighted by Gasteiger charge is 2.14. The number of carbonyl (C=O) groups is 2. The zero-order chi connectivity index (χ0) is 32.4. The van der Waals surface area contributed by atoms with E-state index < -0.39 is 11.9 Å². The molecule has 0 bridgehead atoms. The van der Waals surface area contributed by atoms with Crippen LogP contribution in [0.3, 0.4) is 0 Å². The molecule has 0 saturated heterocycles. The van der Waals surface area contributed by atoms with Gasteiger partial charge in [0.25, 0.3) is 0 Å². The van der Waals surface area contributed by atoms with Gasteiger partial charge in [-0.05, 0) is 78.1 Å². The molecule has 45 heavy (non-hydrogen) atoms. The van der Waals surface area contributed by atoms with Gasteiger partial charge in [0.15, 0.2) is 0 Å². The van der Waals surface area contributed by atoms with Crippen molar-refractivity contribution < 1.29 is 19.8 Å². The van der Waals surface area contributed by atoms with Crippen LogP contribution in [0.5, 0.6) is 0 Å². The molecule has 0 aliphatic rings. The van der Waals surface area contributed by atoms with Crippen LogP contribution in [0.15, 0.2) is 83.9 Å². The third-order valence-electron chi connectivity index (χ3n) is 7.64. The van der Waals surface area contributed by atoms with Crippen LogP contribution in [0.4, 0.5) is 17.1 Å². The number of hydrogen-bond donors (Lipinski definition) is 2. The Kier molecular flexibility index (Phi) is 14.1. The zero-order valence-corrected chi connectivity index (χ0v) is 25.9. The van der Waals surface area contributed by atoms with Crippen LogP contribution in [0, 0.1) is 22.7 Å². The molecule has 0 spiro atoms. The van der Waals surface area contributed by atoms with E-state index in [0.717, 1.165) is 29.9 Å². The average molecular weight is 604 g/mol. The summed E-state index contributed by atoms with van der Waals surface area (Å²) >= 11 is 0. The number of carboxylic acid groups (broad SMARTS) is 2. The van der Waals surface area contributed by atoms with Crippen molar-refractivity contribution in [1.29, 1.82) is 10.5 Å². The van der Waals surface area contributed by atoms with Crippen LogP contribution in [-0.2, 0) is 16.0 Å². The third-order valence-corrected chi connectivity index (χ3v) is 7.64. The quantitative estimate of drug-likeness (QED) is 0.0842. The van der Waals surface area contributed by atoms with Gasteiger partial charge in [0.2, 0.25) is 0 Å². The lowest BCUT2D eigenvalue weighted by Crippen LogP contribution is -2.10. The van der Waals surface area contributed by atoms with Gasteiger partial charge in [-0.3, -0.25) is 0 Å². The van der Waals surface area contributed by atoms with Gasteiger partial charge >= 0.3 is 11.9 Å². The molecule has 232 valence electrons. The van der Waals surface area contributed by atoms with Crippen molar-refractivity contribution in [3.05, 3.63) is 101 Å². The number of nitriles is 2. The third kappa shape index (κ3) is 11.1. The van der Waals surface area contributed by atoms with Gasteiger partial charge in [-0.2, -0.15) is 10.5 Å². The van der Waals surface area contributed by atoms with Crippen molar-refractivity contribution in [2.24, 2.45) is 0 Å². The van der Waals surface area contributed by atoms with Gasteiger partial charge in [-0.15, -0.1) is 0 Å². The van der Waals surface area contributed by atoms with Crippen LogP contribution in [-0.4, -0.2) is 22.2 Å². The number of nitrogens with zero attached hydrogens (tertiary/aromatic N) is 3. The standard InChI is InChI=1S/C38H41N3O4/c1-2-3-4-5-6-7-8-9-10-11-12-29-13-19-34(20-14-29)41(35-21-15-30(16-22-35)25-32(27-39)37(42)43)36-23-17-31(18-24-36)26-33(28-40)38(44)45/h13-26H,2-12H2,1H3,(H,42,43)(H,44,45)/b32-25-,33-26+. The SMILES string of the molecule is CCCCCCCCCCCCc1ccc(N(c2ccc(/C=C(/C#N)C(=O)O)cc2)c2ccc(/C=C(\C#N)C(=O)O)cc2)cc1. The molecule has 2 N–H and O–H groups in total. The van der Waals surface area contributed by atoms with E-state index in [-0.39, 0.29) is 11.1 Å². The Hall–Kier alpha value is -5.14. The second-order valence-electron chi connectivity index (χ2n) is 11.1. The summed E-state index contributed by atoms with van der Waals surface area (Å²) in [6.07, 6.45) is 16.7. The maximum Gasteiger partial charge on any atom is 0.346 e. The van der Waals surface area contributed by atoms with Crippen molar-refractivity contribution in [2.45, 2.75) is 77.6 Å². The molecular formula is C38H41N3O4. The Morgan fingerprint density at radius 2 is 0.956 bits per heavy atom. The maximum absolute atomic E-state index is 11.3. The molecule has 0 aliphatic heterocycles. The summed E-state index contributed by atoms with van der Waals surface area (Å²) in [7, 11) is 0. The summed E-state index contributed by atoms with van der Waals surface area (Å²) in [5.74, 6) is -2.56. The minimum Gasteiger partial charge on any atom is -0.477 e. The Morgan fingerprint density at radius 3 is 1.31 bits per heavy atom. The van der Waals surface area contributed by atoms with Crippen molar-refractivity contribution >= 4 is 41.2 Å². The molecule has 3 aromatic rings. The first-order valence-electron chi connectivity index (χ1n) is 15.7. The van der Waals surface area contributed by atoms with Crippen LogP contribution in [0.1, 0.15) is 87.8 Å². The molecule has 0 saturated carbocycles. The zero-order valence-electron chi connectivity index (χ0n) is 25.9. The Bertz CT molecular complexity index is 1460. The average Bonchev–Trinajstić information content (AvgIpc) is 3.05. The van der Waals surface area contributed by atoms with Crippen LogP contribution in [0.2, 0.25) is 0 Å². The molecule has 0 heterocycles. The van der Waals surface area contributed by atoms with E-state index in [1.54, 1.807) is 36.4 Å². The van der Waals surface area contributed by atoms with Crippen molar-refractivity contribution in [1.82, 2.24) is 0 Å². The fourth-order valence-electron chi connectivity index (χ4n) is 5.13. The molecule has 0 radical (unpaired) electrons. The summed E-state index contributed by atoms with van der Waals surface area (Å²) in [4.78, 5) is 24.6. The Labute approximate surface area is 266 Å². The number of aliphatic carboxylic acids is 2. The number of rotatable bonds is 18. The van der Waals surface area contributed by atoms with Crippen molar-refractivity contribution in [3.63, 3.8) is 0 Å². The Morgan fingerprint density at radius 1 is 0.600 bits per heavy atom. The van der Waals surface area contributed by atoms with Crippen LogP contribution < -0.4 is 4.90 Å². The minimum absolute atomic E-state index is 0.348. The lowest BCUT2D eigenvalue weighted by atomic mass is 10.0. The van der Waals surface area contributed by atoms with Gasteiger partial charge < -0.3 is 15.1 Å². The number of anilines is 3. The summed E-state index contributed by atoms with van der Waals surface area (Å²) in [6, 6.07) is 26.3. The highest BCUT2D eigenvalue weighted by atomic mass is 16.4. The lowest BCUT2D eigenvalue weighted by molar-refractivity contribution is -0.133. The van der Waals surface area contributed by atoms with Gasteiger partial charge in [-0.1, -0.05) is 101 Å². The summed E-state index contributed by atoms with van der Waals surface area (Å²) < 4.78 is 0. The summed E-state index contributed by atoms with van der Waals surface area (Å²) in [5, 5.41) is 36.6. The molecule has 0 unspecified atom stereocenters. The highest BCUT2D eigenvalue weighted by molar-refractivity contribution is 5.97. The molecule has 7 heteroatoms. The molecule has 0 aliphatic carbocycles. The number of unbranched alkanes of at least 4 members (excludes halogenated alkanes) is 9. The first kappa shape index (κ1) is 34.4. The molecule has 3 rings (SSSR count). The molecule has 3 aromatic carbocycles. The highest BCUT2D eigenvalue weighted by Crippen LogP contribution is 2.35. The minimum atomic E-state index is -1.28. The summed E-state index contributed by atoms with van der Waals surface area (Å²) in [6.45, 7) is 2.25. The van der Waals surface area contributed by atoms with E-state index in [2.05, 4.69) is 31.2 Å². The van der Waals surface area contributed by atoms with Gasteiger partial charge in [0.05, 0.1) is 0 Å². The first-order chi connectivity index (χ1) is 21.9. The molecular weight excluding hydrogens is 562 g/mol. The monoisotopic (exact) mass is 603 g/mol. The van der Waals surface area contributed by atoms with E-state index in [1.165, 1.54) is 75.5 Å². The largest absolute Gasteiger partial charge is 0.477 e. The fourth-order valence-corrected chi connectivity index (χ4v) is 5.13. The molecule has 0 amide bonds. The first-order valence-corrected chi connectivity index (χ1v) is 15.7. The normalized spacial score (nSPS) is 11.4. The van der Waals surface area contributed by atoms with Crippen molar-refractivity contribution in [2.75, 3.05) is 4.90 Å². The smallest absolute Gasteiger partial charge is 0.346 e.